The summed E-state index contributed by atoms with van der Waals surface area (Å²) in [5.41, 5.74) is 6.28. The van der Waals surface area contributed by atoms with Crippen molar-refractivity contribution in [1.82, 2.24) is 19.5 Å². The SMILES string of the molecule is COc1ccc(Cn2cnc3c(Nc4c(C)cc(C=CC#N)cc4C)nc(Cl)nc32)cc1. The molecule has 8 heteroatoms. The first-order valence-corrected chi connectivity index (χ1v) is 10.3. The molecule has 0 radical (unpaired) electrons. The number of allylic oxidation sites excluding steroid dienone is 1. The monoisotopic (exact) mass is 444 g/mol. The van der Waals surface area contributed by atoms with E-state index in [4.69, 9.17) is 21.6 Å². The summed E-state index contributed by atoms with van der Waals surface area (Å²) >= 11 is 6.26. The summed E-state index contributed by atoms with van der Waals surface area (Å²) in [6, 6.07) is 13.9. The number of imidazole rings is 1. The van der Waals surface area contributed by atoms with Gasteiger partial charge in [0.05, 0.1) is 26.1 Å². The van der Waals surface area contributed by atoms with Crippen LogP contribution in [0.5, 0.6) is 5.75 Å². The lowest BCUT2D eigenvalue weighted by atomic mass is 10.0. The van der Waals surface area contributed by atoms with Crippen molar-refractivity contribution >= 4 is 40.3 Å². The molecule has 0 aliphatic heterocycles. The number of aryl methyl sites for hydroxylation is 2. The van der Waals surface area contributed by atoms with Crippen molar-refractivity contribution in [2.45, 2.75) is 20.4 Å². The molecule has 0 spiro atoms. The van der Waals surface area contributed by atoms with Crippen LogP contribution in [0.25, 0.3) is 17.2 Å². The molecule has 0 amide bonds. The first-order chi connectivity index (χ1) is 15.5. The van der Waals surface area contributed by atoms with E-state index in [1.165, 1.54) is 6.08 Å². The number of nitriles is 1. The molecule has 7 nitrogen and oxygen atoms in total. The molecule has 0 aliphatic carbocycles. The fourth-order valence-corrected chi connectivity index (χ4v) is 3.76. The highest BCUT2D eigenvalue weighted by atomic mass is 35.5. The van der Waals surface area contributed by atoms with E-state index >= 15 is 0 Å². The largest absolute Gasteiger partial charge is 0.497 e. The van der Waals surface area contributed by atoms with E-state index in [-0.39, 0.29) is 5.28 Å². The number of methoxy groups -OCH3 is 1. The lowest BCUT2D eigenvalue weighted by molar-refractivity contribution is 0.414. The van der Waals surface area contributed by atoms with Gasteiger partial charge in [-0.1, -0.05) is 12.1 Å². The molecule has 1 N–H and O–H groups in total. The van der Waals surface area contributed by atoms with E-state index in [2.05, 4.69) is 20.3 Å². The van der Waals surface area contributed by atoms with E-state index in [9.17, 15) is 0 Å². The van der Waals surface area contributed by atoms with Crippen LogP contribution < -0.4 is 10.1 Å². The predicted octanol–water partition coefficient (Wildman–Crippen LogP) is 5.43. The van der Waals surface area contributed by atoms with Gasteiger partial charge in [-0.25, -0.2) is 4.98 Å². The summed E-state index contributed by atoms with van der Waals surface area (Å²) in [6.07, 6.45) is 4.98. The van der Waals surface area contributed by atoms with Gasteiger partial charge in [-0.2, -0.15) is 15.2 Å². The third-order valence-electron chi connectivity index (χ3n) is 5.10. The second kappa shape index (κ2) is 9.08. The van der Waals surface area contributed by atoms with Crippen molar-refractivity contribution in [3.05, 3.63) is 76.3 Å². The van der Waals surface area contributed by atoms with Gasteiger partial charge in [-0.15, -0.1) is 0 Å². The predicted molar refractivity (Wildman–Crippen MR) is 126 cm³/mol. The van der Waals surface area contributed by atoms with Crippen molar-refractivity contribution in [2.75, 3.05) is 12.4 Å². The number of hydrogen-bond acceptors (Lipinski definition) is 6. The number of hydrogen-bond donors (Lipinski definition) is 1. The standard InChI is InChI=1S/C24H21ClN6O/c1-15-11-18(5-4-10-26)12-16(2)20(15)28-22-21-23(30-24(25)29-22)31(14-27-21)13-17-6-8-19(32-3)9-7-17/h4-9,11-12,14H,13H2,1-3H3,(H,28,29,30). The van der Waals surface area contributed by atoms with Crippen molar-refractivity contribution in [2.24, 2.45) is 0 Å². The lowest BCUT2D eigenvalue weighted by Gasteiger charge is -2.14. The highest BCUT2D eigenvalue weighted by molar-refractivity contribution is 6.28. The van der Waals surface area contributed by atoms with Crippen molar-refractivity contribution in [1.29, 1.82) is 5.26 Å². The summed E-state index contributed by atoms with van der Waals surface area (Å²) in [4.78, 5) is 13.3. The summed E-state index contributed by atoms with van der Waals surface area (Å²) in [5.74, 6) is 1.35. The Morgan fingerprint density at radius 1 is 1.16 bits per heavy atom. The average molecular weight is 445 g/mol. The van der Waals surface area contributed by atoms with E-state index in [0.717, 1.165) is 33.7 Å². The number of anilines is 2. The maximum Gasteiger partial charge on any atom is 0.226 e. The van der Waals surface area contributed by atoms with Crippen molar-refractivity contribution in [3.8, 4) is 11.8 Å². The van der Waals surface area contributed by atoms with E-state index < -0.39 is 0 Å². The zero-order valence-corrected chi connectivity index (χ0v) is 18.7. The van der Waals surface area contributed by atoms with Gasteiger partial charge in [0.2, 0.25) is 5.28 Å². The highest BCUT2D eigenvalue weighted by Gasteiger charge is 2.15. The molecular weight excluding hydrogens is 424 g/mol. The Morgan fingerprint density at radius 3 is 2.53 bits per heavy atom. The fraction of sp³-hybridized carbons (Fsp3) is 0.167. The van der Waals surface area contributed by atoms with Crippen molar-refractivity contribution < 1.29 is 4.74 Å². The van der Waals surface area contributed by atoms with Gasteiger partial charge in [0.25, 0.3) is 0 Å². The molecule has 2 aromatic carbocycles. The minimum Gasteiger partial charge on any atom is -0.497 e. The Bertz CT molecular complexity index is 1330. The molecule has 4 rings (SSSR count). The number of fused-ring (bicyclic) bond motifs is 1. The first-order valence-electron chi connectivity index (χ1n) is 9.94. The van der Waals surface area contributed by atoms with Gasteiger partial charge in [-0.3, -0.25) is 0 Å². The second-order valence-corrected chi connectivity index (χ2v) is 7.69. The average Bonchev–Trinajstić information content (AvgIpc) is 3.17. The van der Waals surface area contributed by atoms with Crippen LogP contribution in [0.2, 0.25) is 5.28 Å². The smallest absolute Gasteiger partial charge is 0.226 e. The van der Waals surface area contributed by atoms with Crippen LogP contribution in [0.4, 0.5) is 11.5 Å². The minimum absolute atomic E-state index is 0.139. The first kappa shape index (κ1) is 21.3. The van der Waals surface area contributed by atoms with Crippen molar-refractivity contribution in [3.63, 3.8) is 0 Å². The van der Waals surface area contributed by atoms with Gasteiger partial charge in [0.15, 0.2) is 17.0 Å². The molecular formula is C24H21ClN6O. The topological polar surface area (TPSA) is 88.6 Å². The number of nitrogens with one attached hydrogen (secondary N) is 1. The highest BCUT2D eigenvalue weighted by Crippen LogP contribution is 2.30. The van der Waals surface area contributed by atoms with Crippen LogP contribution in [0.15, 0.2) is 48.8 Å². The molecule has 2 heterocycles. The molecule has 0 fully saturated rings. The summed E-state index contributed by atoms with van der Waals surface area (Å²) < 4.78 is 7.16. The number of ether oxygens (including phenoxy) is 1. The van der Waals surface area contributed by atoms with Crippen LogP contribution >= 0.6 is 11.6 Å². The van der Waals surface area contributed by atoms with Crippen LogP contribution in [-0.2, 0) is 6.54 Å². The Hall–Kier alpha value is -3.89. The molecule has 0 bridgehead atoms. The fourth-order valence-electron chi connectivity index (χ4n) is 3.59. The molecule has 32 heavy (non-hydrogen) atoms. The van der Waals surface area contributed by atoms with Crippen LogP contribution in [0.1, 0.15) is 22.3 Å². The molecule has 0 atom stereocenters. The third kappa shape index (κ3) is 4.41. The minimum atomic E-state index is 0.139. The van der Waals surface area contributed by atoms with Gasteiger partial charge in [-0.05, 0) is 78.0 Å². The normalized spacial score (nSPS) is 11.1. The van der Waals surface area contributed by atoms with E-state index in [1.807, 2.05) is 60.9 Å². The summed E-state index contributed by atoms with van der Waals surface area (Å²) in [7, 11) is 1.64. The molecule has 0 saturated carbocycles. The summed E-state index contributed by atoms with van der Waals surface area (Å²) in [6.45, 7) is 4.59. The zero-order chi connectivity index (χ0) is 22.7. The summed E-state index contributed by atoms with van der Waals surface area (Å²) in [5, 5.41) is 12.3. The zero-order valence-electron chi connectivity index (χ0n) is 17.9. The van der Waals surface area contributed by atoms with Gasteiger partial charge < -0.3 is 14.6 Å². The number of aromatic nitrogens is 4. The molecule has 4 aromatic rings. The van der Waals surface area contributed by atoms with Gasteiger partial charge in [0.1, 0.15) is 5.75 Å². The van der Waals surface area contributed by atoms with Gasteiger partial charge in [0, 0.05) is 11.8 Å². The second-order valence-electron chi connectivity index (χ2n) is 7.35. The lowest BCUT2D eigenvalue weighted by Crippen LogP contribution is -2.03. The molecule has 2 aromatic heterocycles. The Morgan fingerprint density at radius 2 is 1.88 bits per heavy atom. The molecule has 0 saturated heterocycles. The number of rotatable bonds is 6. The Kier molecular flexibility index (Phi) is 6.06. The molecule has 0 aliphatic rings. The molecule has 0 unspecified atom stereocenters. The Balaban J connectivity index is 1.68. The number of nitrogens with zero attached hydrogens (tertiary/aromatic N) is 5. The quantitative estimate of drug-likeness (QED) is 0.315. The Labute approximate surface area is 191 Å². The van der Waals surface area contributed by atoms with Crippen LogP contribution in [0, 0.1) is 25.2 Å². The van der Waals surface area contributed by atoms with Gasteiger partial charge >= 0.3 is 0 Å². The van der Waals surface area contributed by atoms with Crippen LogP contribution in [0.3, 0.4) is 0 Å². The van der Waals surface area contributed by atoms with E-state index in [0.29, 0.717) is 23.5 Å². The third-order valence-corrected chi connectivity index (χ3v) is 5.27. The van der Waals surface area contributed by atoms with E-state index in [1.54, 1.807) is 19.5 Å². The molecule has 160 valence electrons. The number of halogens is 1. The maximum absolute atomic E-state index is 8.77. The maximum atomic E-state index is 8.77. The van der Waals surface area contributed by atoms with Crippen LogP contribution in [-0.4, -0.2) is 26.6 Å². The number of benzene rings is 2.